The molecule has 0 aromatic carbocycles. The number of ether oxygens (including phenoxy) is 1. The van der Waals surface area contributed by atoms with Crippen LogP contribution in [-0.2, 0) is 28.9 Å². The Bertz CT molecular complexity index is 448. The predicted molar refractivity (Wildman–Crippen MR) is 54.7 cm³/mol. The van der Waals surface area contributed by atoms with E-state index >= 15 is 0 Å². The highest BCUT2D eigenvalue weighted by Crippen LogP contribution is 2.19. The molecule has 0 unspecified atom stereocenters. The number of rotatable bonds is 2. The van der Waals surface area contributed by atoms with Gasteiger partial charge in [-0.25, -0.2) is 0 Å². The number of hydrogen-bond donors (Lipinski definition) is 0. The largest absolute Gasteiger partial charge is 0.468 e. The molecule has 0 saturated carbocycles. The van der Waals surface area contributed by atoms with Crippen molar-refractivity contribution < 1.29 is 9.53 Å². The Balaban J connectivity index is 2.41. The lowest BCUT2D eigenvalue weighted by Crippen LogP contribution is -2.27. The monoisotopic (exact) mass is 207 g/mol. The lowest BCUT2D eigenvalue weighted by Gasteiger charge is -2.09. The number of esters is 1. The fraction of sp³-hybridized carbons (Fsp3) is 0.455. The highest BCUT2D eigenvalue weighted by molar-refractivity contribution is 5.69. The molecule has 0 saturated heterocycles. The Morgan fingerprint density at radius 1 is 1.47 bits per heavy atom. The highest BCUT2D eigenvalue weighted by atomic mass is 16.5. The third-order valence-electron chi connectivity index (χ3n) is 2.76. The molecule has 0 atom stereocenters. The molecule has 1 aromatic rings. The van der Waals surface area contributed by atoms with Gasteiger partial charge in [0.1, 0.15) is 6.54 Å². The number of methoxy groups -OCH3 is 1. The Kier molecular flexibility index (Phi) is 2.58. The first kappa shape index (κ1) is 9.96. The van der Waals surface area contributed by atoms with Crippen LogP contribution in [0, 0.1) is 0 Å². The summed E-state index contributed by atoms with van der Waals surface area (Å²) >= 11 is 0. The van der Waals surface area contributed by atoms with E-state index in [4.69, 9.17) is 0 Å². The number of pyridine rings is 1. The van der Waals surface area contributed by atoms with Gasteiger partial charge in [-0.15, -0.1) is 0 Å². The van der Waals surface area contributed by atoms with Crippen molar-refractivity contribution in [2.45, 2.75) is 25.8 Å². The van der Waals surface area contributed by atoms with E-state index in [9.17, 15) is 9.59 Å². The van der Waals surface area contributed by atoms with Gasteiger partial charge in [-0.3, -0.25) is 9.59 Å². The SMILES string of the molecule is COC(=O)Cn1c2c(ccc1=O)CCC2. The fourth-order valence-electron chi connectivity index (χ4n) is 2.00. The Labute approximate surface area is 87.5 Å². The van der Waals surface area contributed by atoms with Crippen LogP contribution in [0.1, 0.15) is 17.7 Å². The molecule has 1 heterocycles. The van der Waals surface area contributed by atoms with Crippen molar-refractivity contribution in [3.63, 3.8) is 0 Å². The van der Waals surface area contributed by atoms with Crippen LogP contribution in [0.5, 0.6) is 0 Å². The number of carbonyl (C=O) groups excluding carboxylic acids is 1. The fourth-order valence-corrected chi connectivity index (χ4v) is 2.00. The molecule has 0 fully saturated rings. The van der Waals surface area contributed by atoms with Crippen molar-refractivity contribution in [1.29, 1.82) is 0 Å². The van der Waals surface area contributed by atoms with E-state index in [1.54, 1.807) is 0 Å². The van der Waals surface area contributed by atoms with E-state index in [-0.39, 0.29) is 18.1 Å². The molecule has 0 amide bonds. The van der Waals surface area contributed by atoms with Crippen LogP contribution in [0.4, 0.5) is 0 Å². The van der Waals surface area contributed by atoms with Crippen molar-refractivity contribution in [3.8, 4) is 0 Å². The summed E-state index contributed by atoms with van der Waals surface area (Å²) < 4.78 is 6.09. The lowest BCUT2D eigenvalue weighted by molar-refractivity contribution is -0.141. The van der Waals surface area contributed by atoms with Gasteiger partial charge in [-0.2, -0.15) is 0 Å². The molecule has 4 heteroatoms. The zero-order valence-electron chi connectivity index (χ0n) is 8.66. The Hall–Kier alpha value is -1.58. The number of carbonyl (C=O) groups is 1. The van der Waals surface area contributed by atoms with E-state index in [0.29, 0.717) is 0 Å². The van der Waals surface area contributed by atoms with Crippen LogP contribution in [0.3, 0.4) is 0 Å². The van der Waals surface area contributed by atoms with Gasteiger partial charge in [0.2, 0.25) is 0 Å². The first-order chi connectivity index (χ1) is 7.22. The van der Waals surface area contributed by atoms with Gasteiger partial charge in [0.15, 0.2) is 0 Å². The molecule has 0 radical (unpaired) electrons. The zero-order chi connectivity index (χ0) is 10.8. The molecule has 80 valence electrons. The van der Waals surface area contributed by atoms with Crippen LogP contribution < -0.4 is 5.56 Å². The summed E-state index contributed by atoms with van der Waals surface area (Å²) in [5.74, 6) is -0.377. The number of aryl methyl sites for hydroxylation is 1. The minimum Gasteiger partial charge on any atom is -0.468 e. The smallest absolute Gasteiger partial charge is 0.325 e. The van der Waals surface area contributed by atoms with Crippen molar-refractivity contribution in [2.24, 2.45) is 0 Å². The molecule has 0 N–H and O–H groups in total. The van der Waals surface area contributed by atoms with Crippen molar-refractivity contribution in [2.75, 3.05) is 7.11 Å². The third-order valence-corrected chi connectivity index (χ3v) is 2.76. The van der Waals surface area contributed by atoms with Crippen LogP contribution in [-0.4, -0.2) is 17.6 Å². The van der Waals surface area contributed by atoms with E-state index in [1.165, 1.54) is 23.3 Å². The van der Waals surface area contributed by atoms with Crippen LogP contribution in [0.15, 0.2) is 16.9 Å². The second-order valence-corrected chi connectivity index (χ2v) is 3.66. The maximum absolute atomic E-state index is 11.6. The van der Waals surface area contributed by atoms with Gasteiger partial charge in [0.25, 0.3) is 5.56 Å². The normalized spacial score (nSPS) is 13.7. The van der Waals surface area contributed by atoms with Gasteiger partial charge in [-0.1, -0.05) is 6.07 Å². The second-order valence-electron chi connectivity index (χ2n) is 3.66. The summed E-state index contributed by atoms with van der Waals surface area (Å²) in [6, 6.07) is 3.38. The standard InChI is InChI=1S/C11H13NO3/c1-15-11(14)7-12-9-4-2-3-8(9)5-6-10(12)13/h5-6H,2-4,7H2,1H3. The van der Waals surface area contributed by atoms with Gasteiger partial charge >= 0.3 is 5.97 Å². The summed E-state index contributed by atoms with van der Waals surface area (Å²) in [5.41, 5.74) is 2.05. The van der Waals surface area contributed by atoms with Gasteiger partial charge in [-0.05, 0) is 24.8 Å². The molecule has 2 rings (SSSR count). The predicted octanol–water partition coefficient (Wildman–Crippen LogP) is 0.510. The second kappa shape index (κ2) is 3.88. The van der Waals surface area contributed by atoms with Crippen molar-refractivity contribution in [1.82, 2.24) is 4.57 Å². The molecule has 1 aliphatic carbocycles. The third kappa shape index (κ3) is 1.79. The average molecular weight is 207 g/mol. The number of fused-ring (bicyclic) bond motifs is 1. The maximum atomic E-state index is 11.6. The topological polar surface area (TPSA) is 48.3 Å². The van der Waals surface area contributed by atoms with Gasteiger partial charge < -0.3 is 9.30 Å². The molecular weight excluding hydrogens is 194 g/mol. The van der Waals surface area contributed by atoms with Crippen LogP contribution in [0.2, 0.25) is 0 Å². The summed E-state index contributed by atoms with van der Waals surface area (Å²) in [4.78, 5) is 22.7. The summed E-state index contributed by atoms with van der Waals surface area (Å²) in [6.07, 6.45) is 2.93. The zero-order valence-corrected chi connectivity index (χ0v) is 8.66. The molecule has 0 aliphatic heterocycles. The maximum Gasteiger partial charge on any atom is 0.325 e. The van der Waals surface area contributed by atoms with E-state index in [2.05, 4.69) is 4.74 Å². The van der Waals surface area contributed by atoms with Gasteiger partial charge in [0.05, 0.1) is 7.11 Å². The molecule has 4 nitrogen and oxygen atoms in total. The molecule has 0 bridgehead atoms. The molecule has 15 heavy (non-hydrogen) atoms. The molecule has 0 spiro atoms. The Morgan fingerprint density at radius 2 is 2.27 bits per heavy atom. The van der Waals surface area contributed by atoms with Crippen molar-refractivity contribution in [3.05, 3.63) is 33.7 Å². The lowest BCUT2D eigenvalue weighted by atomic mass is 10.2. The quantitative estimate of drug-likeness (QED) is 0.664. The number of hydrogen-bond acceptors (Lipinski definition) is 3. The number of aromatic nitrogens is 1. The first-order valence-electron chi connectivity index (χ1n) is 5.01. The summed E-state index contributed by atoms with van der Waals surface area (Å²) in [7, 11) is 1.33. The molecule has 1 aromatic heterocycles. The van der Waals surface area contributed by atoms with Crippen molar-refractivity contribution >= 4 is 5.97 Å². The highest BCUT2D eigenvalue weighted by Gasteiger charge is 2.17. The minimum atomic E-state index is -0.377. The average Bonchev–Trinajstić information content (AvgIpc) is 2.70. The van der Waals surface area contributed by atoms with E-state index in [1.807, 2.05) is 6.07 Å². The van der Waals surface area contributed by atoms with E-state index < -0.39 is 0 Å². The summed E-state index contributed by atoms with van der Waals surface area (Å²) in [6.45, 7) is 0.0263. The molecular formula is C11H13NO3. The summed E-state index contributed by atoms with van der Waals surface area (Å²) in [5, 5.41) is 0. The molecule has 1 aliphatic rings. The van der Waals surface area contributed by atoms with E-state index in [0.717, 1.165) is 25.0 Å². The number of nitrogens with zero attached hydrogens (tertiary/aromatic N) is 1. The minimum absolute atomic E-state index is 0.0263. The van der Waals surface area contributed by atoms with Crippen LogP contribution >= 0.6 is 0 Å². The first-order valence-corrected chi connectivity index (χ1v) is 5.01. The van der Waals surface area contributed by atoms with Crippen LogP contribution in [0.25, 0.3) is 0 Å². The van der Waals surface area contributed by atoms with Gasteiger partial charge in [0, 0.05) is 11.8 Å². The Morgan fingerprint density at radius 3 is 3.00 bits per heavy atom.